The van der Waals surface area contributed by atoms with Crippen molar-refractivity contribution in [2.24, 2.45) is 0 Å². The standard InChI is InChI=1S/C12H17N3O.C6H8O7/c16-12(11-3-1-2-6-14-11)15-9-10-4-7-13-8-5-10;7-3(8)1-6(13,5(11)12)2-4(9)10/h4-5,7-8,11,14H,1-3,6,9H2,(H,15,16);13H,1-2H2,(H,7,8)(H,9,10)(H,11,12)/t11-;/m0./s1. The summed E-state index contributed by atoms with van der Waals surface area (Å²) >= 11 is 0. The minimum Gasteiger partial charge on any atom is -0.481 e. The number of aliphatic carboxylic acids is 3. The average Bonchev–Trinajstić information content (AvgIpc) is 2.67. The SMILES string of the molecule is O=C(NCc1ccncc1)[C@@H]1CCCCN1.O=C(O)CC(O)(CC(=O)O)C(=O)O. The number of nitrogens with one attached hydrogen (secondary N) is 2. The highest BCUT2D eigenvalue weighted by Gasteiger charge is 2.40. The van der Waals surface area contributed by atoms with E-state index in [1.54, 1.807) is 12.4 Å². The van der Waals surface area contributed by atoms with Crippen molar-refractivity contribution in [2.45, 2.75) is 50.3 Å². The lowest BCUT2D eigenvalue weighted by atomic mass is 9.96. The van der Waals surface area contributed by atoms with Gasteiger partial charge < -0.3 is 31.1 Å². The summed E-state index contributed by atoms with van der Waals surface area (Å²) in [6.45, 7) is 1.53. The number of hydrogen-bond donors (Lipinski definition) is 6. The molecule has 1 atom stereocenters. The number of nitrogens with zero attached hydrogens (tertiary/aromatic N) is 1. The van der Waals surface area contributed by atoms with Crippen LogP contribution in [0.5, 0.6) is 0 Å². The molecule has 1 aliphatic rings. The molecular weight excluding hydrogens is 386 g/mol. The van der Waals surface area contributed by atoms with Gasteiger partial charge in [-0.15, -0.1) is 0 Å². The lowest BCUT2D eigenvalue weighted by Gasteiger charge is -2.22. The second-order valence-electron chi connectivity index (χ2n) is 6.55. The maximum Gasteiger partial charge on any atom is 0.336 e. The number of piperidine rings is 1. The molecule has 0 bridgehead atoms. The first-order chi connectivity index (χ1) is 13.6. The Labute approximate surface area is 166 Å². The average molecular weight is 411 g/mol. The molecule has 2 rings (SSSR count). The monoisotopic (exact) mass is 411 g/mol. The van der Waals surface area contributed by atoms with Gasteiger partial charge in [-0.05, 0) is 37.1 Å². The van der Waals surface area contributed by atoms with Crippen molar-refractivity contribution >= 4 is 23.8 Å². The predicted octanol–water partition coefficient (Wildman–Crippen LogP) is -0.409. The summed E-state index contributed by atoms with van der Waals surface area (Å²) in [7, 11) is 0. The van der Waals surface area contributed by atoms with Crippen molar-refractivity contribution in [2.75, 3.05) is 6.54 Å². The van der Waals surface area contributed by atoms with Crippen molar-refractivity contribution in [1.29, 1.82) is 0 Å². The second kappa shape index (κ2) is 11.7. The number of hydrogen-bond acceptors (Lipinski definition) is 7. The van der Waals surface area contributed by atoms with Crippen LogP contribution in [0.2, 0.25) is 0 Å². The summed E-state index contributed by atoms with van der Waals surface area (Å²) in [5.41, 5.74) is -1.66. The first-order valence-electron chi connectivity index (χ1n) is 8.93. The van der Waals surface area contributed by atoms with Gasteiger partial charge in [0.05, 0.1) is 18.9 Å². The molecular formula is C18H25N3O8. The normalized spacial score (nSPS) is 16.1. The highest BCUT2D eigenvalue weighted by molar-refractivity contribution is 5.88. The first kappa shape index (κ1) is 24.0. The Bertz CT molecular complexity index is 688. The summed E-state index contributed by atoms with van der Waals surface area (Å²) in [4.78, 5) is 46.2. The maximum absolute atomic E-state index is 11.8. The molecule has 11 nitrogen and oxygen atoms in total. The van der Waals surface area contributed by atoms with Gasteiger partial charge in [0.2, 0.25) is 5.91 Å². The van der Waals surface area contributed by atoms with Crippen LogP contribution in [0.3, 0.4) is 0 Å². The zero-order chi connectivity index (χ0) is 21.9. The van der Waals surface area contributed by atoms with E-state index in [0.29, 0.717) is 6.54 Å². The number of amides is 1. The van der Waals surface area contributed by atoms with E-state index in [4.69, 9.17) is 20.4 Å². The molecule has 6 N–H and O–H groups in total. The van der Waals surface area contributed by atoms with Gasteiger partial charge >= 0.3 is 17.9 Å². The quantitative estimate of drug-likeness (QED) is 0.328. The second-order valence-corrected chi connectivity index (χ2v) is 6.55. The fourth-order valence-electron chi connectivity index (χ4n) is 2.60. The van der Waals surface area contributed by atoms with Gasteiger partial charge in [-0.2, -0.15) is 0 Å². The summed E-state index contributed by atoms with van der Waals surface area (Å²) in [6.07, 6.45) is 4.45. The van der Waals surface area contributed by atoms with Gasteiger partial charge in [0.25, 0.3) is 0 Å². The third kappa shape index (κ3) is 9.12. The number of carboxylic acid groups (broad SMARTS) is 3. The molecule has 1 amide bonds. The Kier molecular flexibility index (Phi) is 9.69. The molecule has 1 fully saturated rings. The van der Waals surface area contributed by atoms with Crippen molar-refractivity contribution < 1.29 is 39.6 Å². The third-order valence-electron chi connectivity index (χ3n) is 4.13. The Morgan fingerprint density at radius 1 is 1.07 bits per heavy atom. The summed E-state index contributed by atoms with van der Waals surface area (Å²) in [6, 6.07) is 3.82. The largest absolute Gasteiger partial charge is 0.481 e. The third-order valence-corrected chi connectivity index (χ3v) is 4.13. The molecule has 0 aromatic carbocycles. The van der Waals surface area contributed by atoms with E-state index < -0.39 is 36.4 Å². The molecule has 0 saturated carbocycles. The maximum atomic E-state index is 11.8. The van der Waals surface area contributed by atoms with Crippen LogP contribution in [0.25, 0.3) is 0 Å². The smallest absolute Gasteiger partial charge is 0.336 e. The topological polar surface area (TPSA) is 186 Å². The van der Waals surface area contributed by atoms with Crippen LogP contribution in [-0.2, 0) is 25.7 Å². The fraction of sp³-hybridized carbons (Fsp3) is 0.500. The number of carbonyl (C=O) groups excluding carboxylic acids is 1. The van der Waals surface area contributed by atoms with E-state index in [1.165, 1.54) is 6.42 Å². The Morgan fingerprint density at radius 2 is 1.66 bits per heavy atom. The molecule has 1 aromatic heterocycles. The molecule has 2 heterocycles. The molecule has 1 aromatic rings. The van der Waals surface area contributed by atoms with Crippen molar-refractivity contribution in [3.63, 3.8) is 0 Å². The highest BCUT2D eigenvalue weighted by atomic mass is 16.4. The van der Waals surface area contributed by atoms with Crippen LogP contribution in [0, 0.1) is 0 Å². The minimum atomic E-state index is -2.74. The molecule has 1 aliphatic heterocycles. The molecule has 0 spiro atoms. The van der Waals surface area contributed by atoms with Gasteiger partial charge in [0.1, 0.15) is 0 Å². The molecule has 1 saturated heterocycles. The van der Waals surface area contributed by atoms with Crippen molar-refractivity contribution in [1.82, 2.24) is 15.6 Å². The lowest BCUT2D eigenvalue weighted by Crippen LogP contribution is -2.46. The number of rotatable bonds is 8. The molecule has 0 aliphatic carbocycles. The summed E-state index contributed by atoms with van der Waals surface area (Å²) in [5, 5.41) is 40.0. The molecule has 160 valence electrons. The van der Waals surface area contributed by atoms with Gasteiger partial charge in [0.15, 0.2) is 5.60 Å². The summed E-state index contributed by atoms with van der Waals surface area (Å²) in [5.74, 6) is -4.91. The first-order valence-corrected chi connectivity index (χ1v) is 8.93. The lowest BCUT2D eigenvalue weighted by molar-refractivity contribution is -0.170. The van der Waals surface area contributed by atoms with Gasteiger partial charge in [-0.1, -0.05) is 6.42 Å². The van der Waals surface area contributed by atoms with Crippen LogP contribution in [0.1, 0.15) is 37.7 Å². The number of aromatic nitrogens is 1. The number of carboxylic acids is 3. The van der Waals surface area contributed by atoms with E-state index >= 15 is 0 Å². The van der Waals surface area contributed by atoms with Crippen LogP contribution in [0.4, 0.5) is 0 Å². The Morgan fingerprint density at radius 3 is 2.10 bits per heavy atom. The van der Waals surface area contributed by atoms with Crippen LogP contribution >= 0.6 is 0 Å². The summed E-state index contributed by atoms with van der Waals surface area (Å²) < 4.78 is 0. The van der Waals surface area contributed by atoms with Crippen LogP contribution in [-0.4, -0.2) is 67.4 Å². The van der Waals surface area contributed by atoms with E-state index in [2.05, 4.69) is 15.6 Å². The zero-order valence-corrected chi connectivity index (χ0v) is 15.7. The Hall–Kier alpha value is -3.05. The van der Waals surface area contributed by atoms with Crippen molar-refractivity contribution in [3.05, 3.63) is 30.1 Å². The molecule has 0 radical (unpaired) electrons. The minimum absolute atomic E-state index is 0.00409. The number of carbonyl (C=O) groups is 4. The highest BCUT2D eigenvalue weighted by Crippen LogP contribution is 2.15. The number of pyridine rings is 1. The fourth-order valence-corrected chi connectivity index (χ4v) is 2.60. The van der Waals surface area contributed by atoms with E-state index in [0.717, 1.165) is 24.9 Å². The molecule has 0 unspecified atom stereocenters. The molecule has 11 heteroatoms. The van der Waals surface area contributed by atoms with E-state index in [1.807, 2.05) is 12.1 Å². The van der Waals surface area contributed by atoms with E-state index in [9.17, 15) is 19.2 Å². The van der Waals surface area contributed by atoms with Crippen molar-refractivity contribution in [3.8, 4) is 0 Å². The van der Waals surface area contributed by atoms with E-state index in [-0.39, 0.29) is 11.9 Å². The number of aliphatic hydroxyl groups is 1. The van der Waals surface area contributed by atoms with Crippen LogP contribution in [0.15, 0.2) is 24.5 Å². The predicted molar refractivity (Wildman–Crippen MR) is 98.8 cm³/mol. The van der Waals surface area contributed by atoms with Crippen LogP contribution < -0.4 is 10.6 Å². The van der Waals surface area contributed by atoms with Gasteiger partial charge in [-0.3, -0.25) is 19.4 Å². The molecule has 29 heavy (non-hydrogen) atoms. The Balaban J connectivity index is 0.000000298. The zero-order valence-electron chi connectivity index (χ0n) is 15.7. The van der Waals surface area contributed by atoms with Gasteiger partial charge in [-0.25, -0.2) is 4.79 Å². The van der Waals surface area contributed by atoms with Gasteiger partial charge in [0, 0.05) is 18.9 Å².